The predicted molar refractivity (Wildman–Crippen MR) is 74.9 cm³/mol. The number of aromatic nitrogens is 2. The molecule has 3 N–H and O–H groups in total. The molecule has 1 saturated carbocycles. The highest BCUT2D eigenvalue weighted by Gasteiger charge is 2.46. The maximum absolute atomic E-state index is 11.8. The van der Waals surface area contributed by atoms with E-state index < -0.39 is 5.54 Å². The molecule has 0 radical (unpaired) electrons. The van der Waals surface area contributed by atoms with Gasteiger partial charge in [0.1, 0.15) is 5.54 Å². The molecular weight excluding hydrogens is 264 g/mol. The number of carbonyl (C=O) groups excluding carboxylic acids is 1. The highest BCUT2D eigenvalue weighted by molar-refractivity contribution is 6.31. The van der Waals surface area contributed by atoms with Crippen molar-refractivity contribution in [2.45, 2.75) is 44.7 Å². The first-order valence-electron chi connectivity index (χ1n) is 6.68. The molecule has 1 fully saturated rings. The highest BCUT2D eigenvalue weighted by Crippen LogP contribution is 2.38. The zero-order valence-electron chi connectivity index (χ0n) is 11.4. The number of nitrogens with two attached hydrogens (primary N) is 1. The van der Waals surface area contributed by atoms with Crippen LogP contribution < -0.4 is 11.1 Å². The van der Waals surface area contributed by atoms with Gasteiger partial charge in [-0.2, -0.15) is 5.10 Å². The lowest BCUT2D eigenvalue weighted by atomic mass is 9.84. The number of aryl methyl sites for hydroxylation is 1. The first-order chi connectivity index (χ1) is 9.01. The summed E-state index contributed by atoms with van der Waals surface area (Å²) in [6.07, 6.45) is 5.42. The molecule has 1 amide bonds. The summed E-state index contributed by atoms with van der Waals surface area (Å²) in [7, 11) is 1.82. The van der Waals surface area contributed by atoms with E-state index in [-0.39, 0.29) is 11.8 Å². The lowest BCUT2D eigenvalue weighted by molar-refractivity contribution is -0.125. The third kappa shape index (κ3) is 2.49. The van der Waals surface area contributed by atoms with Gasteiger partial charge in [0.25, 0.3) is 0 Å². The van der Waals surface area contributed by atoms with E-state index >= 15 is 0 Å². The van der Waals surface area contributed by atoms with Crippen LogP contribution in [-0.2, 0) is 11.3 Å². The Balaban J connectivity index is 2.06. The SMILES string of the molecule is CNC1(C(N)=O)CCCC1CCn1ncc(Cl)c1C. The molecule has 2 atom stereocenters. The van der Waals surface area contributed by atoms with Crippen molar-refractivity contribution in [1.82, 2.24) is 15.1 Å². The van der Waals surface area contributed by atoms with Crippen molar-refractivity contribution in [3.63, 3.8) is 0 Å². The number of hydrogen-bond acceptors (Lipinski definition) is 3. The summed E-state index contributed by atoms with van der Waals surface area (Å²) < 4.78 is 1.89. The van der Waals surface area contributed by atoms with Crippen molar-refractivity contribution in [3.05, 3.63) is 16.9 Å². The van der Waals surface area contributed by atoms with Crippen molar-refractivity contribution < 1.29 is 4.79 Å². The topological polar surface area (TPSA) is 72.9 Å². The molecule has 19 heavy (non-hydrogen) atoms. The van der Waals surface area contributed by atoms with Crippen molar-refractivity contribution >= 4 is 17.5 Å². The molecule has 106 valence electrons. The minimum Gasteiger partial charge on any atom is -0.368 e. The highest BCUT2D eigenvalue weighted by atomic mass is 35.5. The van der Waals surface area contributed by atoms with Crippen molar-refractivity contribution in [2.24, 2.45) is 11.7 Å². The molecule has 2 unspecified atom stereocenters. The molecule has 0 saturated heterocycles. The third-order valence-corrected chi connectivity index (χ3v) is 4.81. The number of amides is 1. The second-order valence-electron chi connectivity index (χ2n) is 5.26. The summed E-state index contributed by atoms with van der Waals surface area (Å²) in [4.78, 5) is 11.8. The monoisotopic (exact) mass is 284 g/mol. The van der Waals surface area contributed by atoms with Crippen LogP contribution in [0.3, 0.4) is 0 Å². The molecule has 1 aromatic heterocycles. The van der Waals surface area contributed by atoms with Crippen LogP contribution in [0.2, 0.25) is 5.02 Å². The maximum Gasteiger partial charge on any atom is 0.238 e. The molecule has 1 aliphatic rings. The third-order valence-electron chi connectivity index (χ3n) is 4.44. The molecule has 0 aromatic carbocycles. The van der Waals surface area contributed by atoms with E-state index in [0.717, 1.165) is 37.9 Å². The number of primary amides is 1. The Hall–Kier alpha value is -1.07. The Morgan fingerprint density at radius 2 is 2.47 bits per heavy atom. The predicted octanol–water partition coefficient (Wildman–Crippen LogP) is 1.48. The van der Waals surface area contributed by atoms with Gasteiger partial charge >= 0.3 is 0 Å². The van der Waals surface area contributed by atoms with E-state index in [1.54, 1.807) is 6.20 Å². The number of nitrogens with zero attached hydrogens (tertiary/aromatic N) is 2. The summed E-state index contributed by atoms with van der Waals surface area (Å²) in [6.45, 7) is 2.71. The number of hydrogen-bond donors (Lipinski definition) is 2. The fourth-order valence-electron chi connectivity index (χ4n) is 3.17. The van der Waals surface area contributed by atoms with Gasteiger partial charge in [0, 0.05) is 6.54 Å². The smallest absolute Gasteiger partial charge is 0.238 e. The first-order valence-corrected chi connectivity index (χ1v) is 7.06. The van der Waals surface area contributed by atoms with E-state index in [9.17, 15) is 4.79 Å². The van der Waals surface area contributed by atoms with Gasteiger partial charge < -0.3 is 11.1 Å². The molecule has 0 bridgehead atoms. The summed E-state index contributed by atoms with van der Waals surface area (Å²) >= 11 is 5.99. The lowest BCUT2D eigenvalue weighted by Crippen LogP contribution is -2.56. The molecule has 1 aliphatic carbocycles. The van der Waals surface area contributed by atoms with Gasteiger partial charge in [0.2, 0.25) is 5.91 Å². The average Bonchev–Trinajstić information content (AvgIpc) is 2.94. The van der Waals surface area contributed by atoms with E-state index in [1.807, 2.05) is 18.7 Å². The van der Waals surface area contributed by atoms with Gasteiger partial charge in [-0.3, -0.25) is 9.48 Å². The number of nitrogens with one attached hydrogen (secondary N) is 1. The molecule has 1 aromatic rings. The normalized spacial score (nSPS) is 26.8. The largest absolute Gasteiger partial charge is 0.368 e. The molecule has 0 aliphatic heterocycles. The zero-order chi connectivity index (χ0) is 14.0. The van der Waals surface area contributed by atoms with Gasteiger partial charge in [0.15, 0.2) is 0 Å². The van der Waals surface area contributed by atoms with E-state index in [2.05, 4.69) is 10.4 Å². The van der Waals surface area contributed by atoms with Crippen molar-refractivity contribution in [3.8, 4) is 0 Å². The Morgan fingerprint density at radius 1 is 1.74 bits per heavy atom. The Bertz CT molecular complexity index is 473. The van der Waals surface area contributed by atoms with Gasteiger partial charge in [-0.1, -0.05) is 18.0 Å². The van der Waals surface area contributed by atoms with Crippen LogP contribution in [0.15, 0.2) is 6.20 Å². The second kappa shape index (κ2) is 5.51. The lowest BCUT2D eigenvalue weighted by Gasteiger charge is -2.32. The van der Waals surface area contributed by atoms with Crippen molar-refractivity contribution in [1.29, 1.82) is 0 Å². The van der Waals surface area contributed by atoms with Crippen LogP contribution in [0.25, 0.3) is 0 Å². The molecule has 1 heterocycles. The van der Waals surface area contributed by atoms with E-state index in [4.69, 9.17) is 17.3 Å². The van der Waals surface area contributed by atoms with Crippen LogP contribution >= 0.6 is 11.6 Å². The summed E-state index contributed by atoms with van der Waals surface area (Å²) in [5.74, 6) is 0.0186. The molecule has 0 spiro atoms. The fraction of sp³-hybridized carbons (Fsp3) is 0.692. The molecule has 5 nitrogen and oxygen atoms in total. The number of halogens is 1. The van der Waals surface area contributed by atoms with Gasteiger partial charge in [-0.15, -0.1) is 0 Å². The number of carbonyl (C=O) groups is 1. The van der Waals surface area contributed by atoms with Crippen molar-refractivity contribution in [2.75, 3.05) is 7.05 Å². The maximum atomic E-state index is 11.8. The minimum atomic E-state index is -0.551. The van der Waals surface area contributed by atoms with Crippen LogP contribution in [0.5, 0.6) is 0 Å². The quantitative estimate of drug-likeness (QED) is 0.860. The Labute approximate surface area is 118 Å². The molecular formula is C13H21ClN4O. The summed E-state index contributed by atoms with van der Waals surface area (Å²) in [5, 5.41) is 8.08. The van der Waals surface area contributed by atoms with Crippen LogP contribution in [-0.4, -0.2) is 28.3 Å². The average molecular weight is 285 g/mol. The Kier molecular flexibility index (Phi) is 4.16. The second-order valence-corrected chi connectivity index (χ2v) is 5.67. The van der Waals surface area contributed by atoms with Gasteiger partial charge in [0.05, 0.1) is 16.9 Å². The summed E-state index contributed by atoms with van der Waals surface area (Å²) in [5.41, 5.74) is 6.01. The number of likely N-dealkylation sites (N-methyl/N-ethyl adjacent to an activating group) is 1. The zero-order valence-corrected chi connectivity index (χ0v) is 12.2. The van der Waals surface area contributed by atoms with Crippen LogP contribution in [0.4, 0.5) is 0 Å². The van der Waals surface area contributed by atoms with Crippen LogP contribution in [0, 0.1) is 12.8 Å². The standard InChI is InChI=1S/C13H21ClN4O/c1-9-11(14)8-17-18(9)7-5-10-4-3-6-13(10,16-2)12(15)19/h8,10,16H,3-7H2,1-2H3,(H2,15,19). The minimum absolute atomic E-state index is 0.243. The van der Waals surface area contributed by atoms with Crippen LogP contribution in [0.1, 0.15) is 31.4 Å². The fourth-order valence-corrected chi connectivity index (χ4v) is 3.31. The van der Waals surface area contributed by atoms with Gasteiger partial charge in [-0.25, -0.2) is 0 Å². The Morgan fingerprint density at radius 3 is 3.00 bits per heavy atom. The first kappa shape index (κ1) is 14.3. The van der Waals surface area contributed by atoms with E-state index in [0.29, 0.717) is 5.02 Å². The molecule has 6 heteroatoms. The summed E-state index contributed by atoms with van der Waals surface area (Å²) in [6, 6.07) is 0. The molecule has 2 rings (SSSR count). The van der Waals surface area contributed by atoms with E-state index in [1.165, 1.54) is 0 Å². The van der Waals surface area contributed by atoms with Gasteiger partial charge in [-0.05, 0) is 39.2 Å². The number of rotatable bonds is 5.